The van der Waals surface area contributed by atoms with Crippen molar-refractivity contribution in [3.63, 3.8) is 0 Å². The average Bonchev–Trinajstić information content (AvgIpc) is 2.90. The lowest BCUT2D eigenvalue weighted by Crippen LogP contribution is -2.14. The number of hydrogen-bond acceptors (Lipinski definition) is 2. The lowest BCUT2D eigenvalue weighted by atomic mass is 10.2. The van der Waals surface area contributed by atoms with E-state index in [-0.39, 0.29) is 28.8 Å². The van der Waals surface area contributed by atoms with Gasteiger partial charge in [-0.05, 0) is 42.8 Å². The topological polar surface area (TPSA) is 46.9 Å². The summed E-state index contributed by atoms with van der Waals surface area (Å²) in [6.07, 6.45) is -4.52. The Balaban J connectivity index is 1.83. The molecule has 146 valence electrons. The predicted molar refractivity (Wildman–Crippen MR) is 96.9 cm³/mol. The number of amides is 1. The molecule has 1 amide bonds. The Morgan fingerprint density at radius 2 is 1.86 bits per heavy atom. The van der Waals surface area contributed by atoms with Gasteiger partial charge >= 0.3 is 6.18 Å². The Kier molecular flexibility index (Phi) is 5.42. The standard InChI is InChI=1S/C19H14ClF4N3O/c1-11-16(17(20)27(26-11)10-12-5-7-14(21)8-6-12)18(28)25-15-4-2-3-13(9-15)19(22,23)24/h2-9H,10H2,1H3,(H,25,28). The first-order valence-corrected chi connectivity index (χ1v) is 8.49. The van der Waals surface area contributed by atoms with Crippen LogP contribution < -0.4 is 5.32 Å². The highest BCUT2D eigenvalue weighted by Gasteiger charge is 2.30. The third-order valence-electron chi connectivity index (χ3n) is 3.99. The van der Waals surface area contributed by atoms with Crippen molar-refractivity contribution in [2.75, 3.05) is 5.32 Å². The molecule has 0 bridgehead atoms. The molecule has 28 heavy (non-hydrogen) atoms. The van der Waals surface area contributed by atoms with Crippen molar-refractivity contribution in [3.05, 3.63) is 81.9 Å². The summed E-state index contributed by atoms with van der Waals surface area (Å²) in [5.74, 6) is -1.06. The zero-order valence-corrected chi connectivity index (χ0v) is 15.3. The monoisotopic (exact) mass is 411 g/mol. The summed E-state index contributed by atoms with van der Waals surface area (Å²) in [4.78, 5) is 12.5. The molecule has 2 aromatic carbocycles. The molecule has 4 nitrogen and oxygen atoms in total. The normalized spacial score (nSPS) is 11.5. The fourth-order valence-electron chi connectivity index (χ4n) is 2.65. The van der Waals surface area contributed by atoms with E-state index in [4.69, 9.17) is 11.6 Å². The van der Waals surface area contributed by atoms with E-state index in [0.29, 0.717) is 5.69 Å². The van der Waals surface area contributed by atoms with Crippen LogP contribution in [0.3, 0.4) is 0 Å². The molecule has 1 N–H and O–H groups in total. The van der Waals surface area contributed by atoms with Gasteiger partial charge < -0.3 is 5.32 Å². The maximum Gasteiger partial charge on any atom is 0.416 e. The highest BCUT2D eigenvalue weighted by atomic mass is 35.5. The maximum absolute atomic E-state index is 13.0. The minimum Gasteiger partial charge on any atom is -0.322 e. The Morgan fingerprint density at radius 1 is 1.18 bits per heavy atom. The second kappa shape index (κ2) is 7.63. The van der Waals surface area contributed by atoms with E-state index in [1.165, 1.54) is 28.9 Å². The number of rotatable bonds is 4. The van der Waals surface area contributed by atoms with Gasteiger partial charge in [0.25, 0.3) is 5.91 Å². The Bertz CT molecular complexity index is 1010. The number of alkyl halides is 3. The molecule has 0 unspecified atom stereocenters. The molecule has 1 aromatic heterocycles. The number of aromatic nitrogens is 2. The van der Waals surface area contributed by atoms with Crippen LogP contribution in [0.5, 0.6) is 0 Å². The summed E-state index contributed by atoms with van der Waals surface area (Å²) < 4.78 is 52.8. The minimum absolute atomic E-state index is 0.0124. The van der Waals surface area contributed by atoms with E-state index in [0.717, 1.165) is 17.7 Å². The van der Waals surface area contributed by atoms with Crippen molar-refractivity contribution in [2.24, 2.45) is 0 Å². The minimum atomic E-state index is -4.52. The molecule has 0 saturated heterocycles. The number of carbonyl (C=O) groups excluding carboxylic acids is 1. The van der Waals surface area contributed by atoms with Crippen LogP contribution in [0.1, 0.15) is 27.2 Å². The van der Waals surface area contributed by atoms with Gasteiger partial charge in [-0.1, -0.05) is 29.8 Å². The number of halogens is 5. The van der Waals surface area contributed by atoms with Crippen LogP contribution >= 0.6 is 11.6 Å². The molecule has 0 saturated carbocycles. The van der Waals surface area contributed by atoms with Crippen LogP contribution in [-0.4, -0.2) is 15.7 Å². The summed E-state index contributed by atoms with van der Waals surface area (Å²) >= 11 is 6.26. The first-order chi connectivity index (χ1) is 13.1. The maximum atomic E-state index is 13.0. The molecule has 1 heterocycles. The Hall–Kier alpha value is -2.87. The van der Waals surface area contributed by atoms with Gasteiger partial charge in [-0.2, -0.15) is 18.3 Å². The third kappa shape index (κ3) is 4.33. The van der Waals surface area contributed by atoms with Crippen LogP contribution in [0.15, 0.2) is 48.5 Å². The molecule has 9 heteroatoms. The fraction of sp³-hybridized carbons (Fsp3) is 0.158. The number of nitrogens with one attached hydrogen (secondary N) is 1. The Labute approximate surface area is 162 Å². The second-order valence-electron chi connectivity index (χ2n) is 6.07. The molecule has 3 aromatic rings. The molecule has 3 rings (SSSR count). The summed E-state index contributed by atoms with van der Waals surface area (Å²) in [6, 6.07) is 10.0. The molecule has 0 radical (unpaired) electrons. The van der Waals surface area contributed by atoms with E-state index in [9.17, 15) is 22.4 Å². The van der Waals surface area contributed by atoms with Gasteiger partial charge in [0.1, 0.15) is 11.0 Å². The summed E-state index contributed by atoms with van der Waals surface area (Å²) in [6.45, 7) is 1.77. The first kappa shape index (κ1) is 19.9. The second-order valence-corrected chi connectivity index (χ2v) is 6.43. The van der Waals surface area contributed by atoms with Gasteiger partial charge in [0, 0.05) is 5.69 Å². The van der Waals surface area contributed by atoms with Crippen molar-refractivity contribution >= 4 is 23.2 Å². The molecular weight excluding hydrogens is 398 g/mol. The highest BCUT2D eigenvalue weighted by Crippen LogP contribution is 2.31. The molecule has 0 atom stereocenters. The molecule has 0 aliphatic heterocycles. The predicted octanol–water partition coefficient (Wildman–Crippen LogP) is 5.30. The van der Waals surface area contributed by atoms with Crippen LogP contribution in [0, 0.1) is 12.7 Å². The summed E-state index contributed by atoms with van der Waals surface area (Å²) in [7, 11) is 0. The van der Waals surface area contributed by atoms with Crippen LogP contribution in [0.4, 0.5) is 23.2 Å². The molecule has 0 spiro atoms. The first-order valence-electron chi connectivity index (χ1n) is 8.11. The van der Waals surface area contributed by atoms with Gasteiger partial charge in [-0.15, -0.1) is 0 Å². The number of hydrogen-bond donors (Lipinski definition) is 1. The van der Waals surface area contributed by atoms with Crippen LogP contribution in [-0.2, 0) is 12.7 Å². The van der Waals surface area contributed by atoms with Gasteiger partial charge in [0.15, 0.2) is 0 Å². The summed E-state index contributed by atoms with van der Waals surface area (Å²) in [5.41, 5.74) is 0.204. The van der Waals surface area contributed by atoms with Crippen molar-refractivity contribution in [1.29, 1.82) is 0 Å². The molecule has 0 aliphatic carbocycles. The average molecular weight is 412 g/mol. The lowest BCUT2D eigenvalue weighted by molar-refractivity contribution is -0.137. The SMILES string of the molecule is Cc1nn(Cc2ccc(F)cc2)c(Cl)c1C(=O)Nc1cccc(C(F)(F)F)c1. The van der Waals surface area contributed by atoms with E-state index < -0.39 is 17.6 Å². The molecule has 0 fully saturated rings. The lowest BCUT2D eigenvalue weighted by Gasteiger charge is -2.10. The largest absolute Gasteiger partial charge is 0.416 e. The van der Waals surface area contributed by atoms with Gasteiger partial charge in [0.05, 0.1) is 23.4 Å². The fourth-order valence-corrected chi connectivity index (χ4v) is 2.97. The van der Waals surface area contributed by atoms with Gasteiger partial charge in [-0.3, -0.25) is 4.79 Å². The number of benzene rings is 2. The van der Waals surface area contributed by atoms with E-state index in [1.54, 1.807) is 19.1 Å². The van der Waals surface area contributed by atoms with E-state index >= 15 is 0 Å². The van der Waals surface area contributed by atoms with Gasteiger partial charge in [0.2, 0.25) is 0 Å². The number of nitrogens with zero attached hydrogens (tertiary/aromatic N) is 2. The smallest absolute Gasteiger partial charge is 0.322 e. The number of anilines is 1. The van der Waals surface area contributed by atoms with E-state index in [2.05, 4.69) is 10.4 Å². The summed E-state index contributed by atoms with van der Waals surface area (Å²) in [5, 5.41) is 6.64. The highest BCUT2D eigenvalue weighted by molar-refractivity contribution is 6.33. The molecular formula is C19H14ClF4N3O. The van der Waals surface area contributed by atoms with E-state index in [1.807, 2.05) is 0 Å². The number of aryl methyl sites for hydroxylation is 1. The van der Waals surface area contributed by atoms with Crippen molar-refractivity contribution in [3.8, 4) is 0 Å². The van der Waals surface area contributed by atoms with Crippen molar-refractivity contribution < 1.29 is 22.4 Å². The quantitative estimate of drug-likeness (QED) is 0.592. The van der Waals surface area contributed by atoms with Crippen LogP contribution in [0.25, 0.3) is 0 Å². The van der Waals surface area contributed by atoms with Gasteiger partial charge in [-0.25, -0.2) is 9.07 Å². The van der Waals surface area contributed by atoms with Crippen molar-refractivity contribution in [2.45, 2.75) is 19.6 Å². The Morgan fingerprint density at radius 3 is 2.50 bits per heavy atom. The zero-order valence-electron chi connectivity index (χ0n) is 14.5. The number of carbonyl (C=O) groups is 1. The third-order valence-corrected chi connectivity index (χ3v) is 4.37. The van der Waals surface area contributed by atoms with Crippen LogP contribution in [0.2, 0.25) is 5.15 Å². The molecule has 0 aliphatic rings. The van der Waals surface area contributed by atoms with Crippen molar-refractivity contribution in [1.82, 2.24) is 9.78 Å². The zero-order chi connectivity index (χ0) is 20.5.